The maximum Gasteiger partial charge on any atom is 0.338 e. The van der Waals surface area contributed by atoms with Crippen LogP contribution >= 0.6 is 15.9 Å². The van der Waals surface area contributed by atoms with Crippen molar-refractivity contribution >= 4 is 27.9 Å². The molecular formula is C16H17BrO6. The van der Waals surface area contributed by atoms with Crippen LogP contribution in [0.4, 0.5) is 0 Å². The minimum Gasteiger partial charge on any atom is -0.467 e. The van der Waals surface area contributed by atoms with Gasteiger partial charge in [-0.3, -0.25) is 0 Å². The van der Waals surface area contributed by atoms with E-state index in [2.05, 4.69) is 15.9 Å². The number of halogens is 1. The molecule has 7 heteroatoms. The molecule has 1 spiro atoms. The molecule has 1 saturated heterocycles. The molecule has 3 rings (SSSR count). The van der Waals surface area contributed by atoms with E-state index in [1.807, 2.05) is 24.3 Å². The second-order valence-corrected chi connectivity index (χ2v) is 6.56. The zero-order valence-corrected chi connectivity index (χ0v) is 14.4. The van der Waals surface area contributed by atoms with Crippen molar-refractivity contribution in [1.82, 2.24) is 0 Å². The Morgan fingerprint density at radius 2 is 1.70 bits per heavy atom. The number of carbonyl (C=O) groups is 2. The van der Waals surface area contributed by atoms with Crippen LogP contribution < -0.4 is 0 Å². The number of methoxy groups -OCH3 is 2. The molecule has 1 aromatic carbocycles. The molecule has 2 aliphatic rings. The van der Waals surface area contributed by atoms with E-state index in [0.717, 1.165) is 24.0 Å². The fraction of sp³-hybridized carbons (Fsp3) is 0.500. The summed E-state index contributed by atoms with van der Waals surface area (Å²) in [5.74, 6) is -2.55. The van der Waals surface area contributed by atoms with E-state index in [4.69, 9.17) is 18.9 Å². The smallest absolute Gasteiger partial charge is 0.338 e. The number of hydrogen-bond acceptors (Lipinski definition) is 6. The molecule has 23 heavy (non-hydrogen) atoms. The van der Waals surface area contributed by atoms with Gasteiger partial charge < -0.3 is 18.9 Å². The third-order valence-electron chi connectivity index (χ3n) is 4.22. The van der Waals surface area contributed by atoms with Crippen LogP contribution in [0.15, 0.2) is 24.3 Å². The first kappa shape index (κ1) is 16.4. The van der Waals surface area contributed by atoms with Gasteiger partial charge in [-0.05, 0) is 18.4 Å². The van der Waals surface area contributed by atoms with Gasteiger partial charge in [-0.1, -0.05) is 40.2 Å². The van der Waals surface area contributed by atoms with Gasteiger partial charge in [-0.25, -0.2) is 9.59 Å². The van der Waals surface area contributed by atoms with Crippen LogP contribution in [-0.2, 0) is 40.7 Å². The molecular weight excluding hydrogens is 368 g/mol. The van der Waals surface area contributed by atoms with Crippen molar-refractivity contribution in [2.75, 3.05) is 14.2 Å². The highest BCUT2D eigenvalue weighted by molar-refractivity contribution is 9.09. The van der Waals surface area contributed by atoms with Crippen molar-refractivity contribution in [3.05, 3.63) is 35.4 Å². The normalized spacial score (nSPS) is 28.2. The number of aryl methyl sites for hydroxylation is 1. The molecule has 1 fully saturated rings. The molecule has 124 valence electrons. The summed E-state index contributed by atoms with van der Waals surface area (Å²) in [7, 11) is 2.48. The molecule has 0 aromatic heterocycles. The highest BCUT2D eigenvalue weighted by Gasteiger charge is 2.59. The number of hydrogen-bond donors (Lipinski definition) is 0. The van der Waals surface area contributed by atoms with Gasteiger partial charge in [0.25, 0.3) is 0 Å². The second-order valence-electron chi connectivity index (χ2n) is 5.45. The van der Waals surface area contributed by atoms with Crippen molar-refractivity contribution in [3.63, 3.8) is 0 Å². The van der Waals surface area contributed by atoms with E-state index < -0.39 is 29.9 Å². The molecule has 1 aliphatic carbocycles. The Bertz CT molecular complexity index is 607. The van der Waals surface area contributed by atoms with Crippen LogP contribution in [0, 0.1) is 0 Å². The van der Waals surface area contributed by atoms with Gasteiger partial charge in [0.05, 0.1) is 19.0 Å². The van der Waals surface area contributed by atoms with E-state index >= 15 is 0 Å². The van der Waals surface area contributed by atoms with Gasteiger partial charge in [-0.2, -0.15) is 0 Å². The first-order valence-electron chi connectivity index (χ1n) is 7.27. The highest BCUT2D eigenvalue weighted by Crippen LogP contribution is 2.49. The van der Waals surface area contributed by atoms with E-state index in [9.17, 15) is 9.59 Å². The Morgan fingerprint density at radius 3 is 2.26 bits per heavy atom. The van der Waals surface area contributed by atoms with E-state index in [1.54, 1.807) is 0 Å². The summed E-state index contributed by atoms with van der Waals surface area (Å²) < 4.78 is 21.4. The zero-order valence-electron chi connectivity index (χ0n) is 12.8. The van der Waals surface area contributed by atoms with Crippen molar-refractivity contribution in [2.45, 2.75) is 35.7 Å². The molecule has 1 heterocycles. The van der Waals surface area contributed by atoms with Crippen molar-refractivity contribution < 1.29 is 28.5 Å². The van der Waals surface area contributed by atoms with Gasteiger partial charge in [0.2, 0.25) is 5.79 Å². The molecule has 0 bridgehead atoms. The standard InChI is InChI=1S/C16H17BrO6/c1-20-14(18)12-13(15(19)21-2)23-16(22-12)10-6-4-3-5-9(10)7-8-11(16)17/h3-6,11-13H,7-8H2,1-2H3/t11-,12+,13+/m0/s1. The summed E-state index contributed by atoms with van der Waals surface area (Å²) in [4.78, 5) is 23.9. The Morgan fingerprint density at radius 1 is 1.13 bits per heavy atom. The molecule has 0 unspecified atom stereocenters. The molecule has 1 aliphatic heterocycles. The molecule has 1 aromatic rings. The SMILES string of the molecule is COC(=O)[C@@H]1OC2(O[C@H]1C(=O)OC)c1ccccc1CC[C@@H]2Br. The van der Waals surface area contributed by atoms with E-state index in [0.29, 0.717) is 0 Å². The van der Waals surface area contributed by atoms with Crippen LogP contribution in [0.1, 0.15) is 17.5 Å². The predicted molar refractivity (Wildman–Crippen MR) is 82.9 cm³/mol. The third-order valence-corrected chi connectivity index (χ3v) is 5.28. The van der Waals surface area contributed by atoms with Crippen LogP contribution in [0.2, 0.25) is 0 Å². The topological polar surface area (TPSA) is 71.1 Å². The number of benzene rings is 1. The average Bonchev–Trinajstić information content (AvgIpc) is 2.99. The van der Waals surface area contributed by atoms with Crippen molar-refractivity contribution in [2.24, 2.45) is 0 Å². The van der Waals surface area contributed by atoms with Crippen molar-refractivity contribution in [3.8, 4) is 0 Å². The minimum absolute atomic E-state index is 0.202. The first-order chi connectivity index (χ1) is 11.0. The van der Waals surface area contributed by atoms with Gasteiger partial charge >= 0.3 is 11.9 Å². The van der Waals surface area contributed by atoms with Gasteiger partial charge in [0, 0.05) is 5.56 Å². The Kier molecular flexibility index (Phi) is 4.44. The Hall–Kier alpha value is -1.44. The molecule has 3 atom stereocenters. The minimum atomic E-state index is -1.22. The number of carbonyl (C=O) groups excluding carboxylic acids is 2. The van der Waals surface area contributed by atoms with Gasteiger partial charge in [-0.15, -0.1) is 0 Å². The molecule has 6 nitrogen and oxygen atoms in total. The quantitative estimate of drug-likeness (QED) is 0.570. The second kappa shape index (κ2) is 6.22. The number of rotatable bonds is 2. The zero-order chi connectivity index (χ0) is 16.6. The summed E-state index contributed by atoms with van der Waals surface area (Å²) in [5, 5.41) is 0. The predicted octanol–water partition coefficient (Wildman–Crippen LogP) is 1.68. The third kappa shape index (κ3) is 2.56. The summed E-state index contributed by atoms with van der Waals surface area (Å²) in [5.41, 5.74) is 1.88. The maximum atomic E-state index is 12.0. The fourth-order valence-corrected chi connectivity index (χ4v) is 3.79. The molecule has 0 amide bonds. The fourth-order valence-electron chi connectivity index (χ4n) is 3.10. The highest BCUT2D eigenvalue weighted by atomic mass is 79.9. The van der Waals surface area contributed by atoms with Crippen LogP contribution in [0.5, 0.6) is 0 Å². The van der Waals surface area contributed by atoms with Crippen LogP contribution in [0.3, 0.4) is 0 Å². The Labute approximate surface area is 142 Å². The lowest BCUT2D eigenvalue weighted by atomic mass is 9.86. The van der Waals surface area contributed by atoms with Gasteiger partial charge in [0.1, 0.15) is 0 Å². The number of fused-ring (bicyclic) bond motifs is 2. The number of ether oxygens (including phenoxy) is 4. The van der Waals surface area contributed by atoms with Crippen LogP contribution in [-0.4, -0.2) is 43.2 Å². The van der Waals surface area contributed by atoms with Crippen molar-refractivity contribution in [1.29, 1.82) is 0 Å². The summed E-state index contributed by atoms with van der Waals surface area (Å²) in [6.45, 7) is 0. The Balaban J connectivity index is 2.06. The van der Waals surface area contributed by atoms with E-state index in [-0.39, 0.29) is 4.83 Å². The van der Waals surface area contributed by atoms with E-state index in [1.165, 1.54) is 14.2 Å². The summed E-state index contributed by atoms with van der Waals surface area (Å²) in [6.07, 6.45) is -0.734. The van der Waals surface area contributed by atoms with Gasteiger partial charge in [0.15, 0.2) is 12.2 Å². The lowest BCUT2D eigenvalue weighted by Crippen LogP contribution is -2.42. The number of alkyl halides is 1. The maximum absolute atomic E-state index is 12.0. The molecule has 0 saturated carbocycles. The first-order valence-corrected chi connectivity index (χ1v) is 8.19. The van der Waals surface area contributed by atoms with Crippen LogP contribution in [0.25, 0.3) is 0 Å². The lowest BCUT2D eigenvalue weighted by Gasteiger charge is -2.38. The molecule has 0 N–H and O–H groups in total. The number of esters is 2. The summed E-state index contributed by atoms with van der Waals surface area (Å²) >= 11 is 3.58. The average molecular weight is 385 g/mol. The monoisotopic (exact) mass is 384 g/mol. The lowest BCUT2D eigenvalue weighted by molar-refractivity contribution is -0.197. The largest absolute Gasteiger partial charge is 0.467 e. The summed E-state index contributed by atoms with van der Waals surface area (Å²) in [6, 6.07) is 7.68. The molecule has 0 radical (unpaired) electrons.